The van der Waals surface area contributed by atoms with Crippen molar-refractivity contribution in [2.75, 3.05) is 30.5 Å². The molecule has 1 aromatic heterocycles. The lowest BCUT2D eigenvalue weighted by Gasteiger charge is -2.43. The van der Waals surface area contributed by atoms with E-state index < -0.39 is 0 Å². The van der Waals surface area contributed by atoms with Gasteiger partial charge in [-0.2, -0.15) is 4.98 Å². The molecule has 0 radical (unpaired) electrons. The van der Waals surface area contributed by atoms with Crippen LogP contribution in [0.15, 0.2) is 32.8 Å². The van der Waals surface area contributed by atoms with Crippen LogP contribution in [0.25, 0.3) is 0 Å². The molecule has 9 heteroatoms. The van der Waals surface area contributed by atoms with Crippen LogP contribution in [0, 0.1) is 11.3 Å². The zero-order valence-electron chi connectivity index (χ0n) is 18.0. The predicted molar refractivity (Wildman–Crippen MR) is 121 cm³/mol. The monoisotopic (exact) mass is 443 g/mol. The summed E-state index contributed by atoms with van der Waals surface area (Å²) >= 11 is 1.27. The lowest BCUT2D eigenvalue weighted by atomic mass is 9.73. The second-order valence-corrected chi connectivity index (χ2v) is 10.0. The largest absolute Gasteiger partial charge is 0.454 e. The highest BCUT2D eigenvalue weighted by atomic mass is 32.2. The van der Waals surface area contributed by atoms with Gasteiger partial charge in [0, 0.05) is 26.2 Å². The van der Waals surface area contributed by atoms with Crippen molar-refractivity contribution in [1.82, 2.24) is 9.55 Å². The van der Waals surface area contributed by atoms with Gasteiger partial charge in [0.25, 0.3) is 5.56 Å². The maximum absolute atomic E-state index is 13.2. The fraction of sp³-hybridized carbons (Fsp3) is 0.545. The molecule has 5 rings (SSSR count). The van der Waals surface area contributed by atoms with Gasteiger partial charge in [0.15, 0.2) is 11.5 Å². The molecule has 4 N–H and O–H groups in total. The van der Waals surface area contributed by atoms with Crippen LogP contribution in [0.5, 0.6) is 11.5 Å². The number of piperidine rings is 1. The second kappa shape index (κ2) is 7.63. The molecule has 1 spiro atoms. The number of fused-ring (bicyclic) bond motifs is 1. The van der Waals surface area contributed by atoms with E-state index in [0.29, 0.717) is 28.3 Å². The summed E-state index contributed by atoms with van der Waals surface area (Å²) in [6.45, 7) is 4.11. The van der Waals surface area contributed by atoms with Gasteiger partial charge in [-0.15, -0.1) is 0 Å². The van der Waals surface area contributed by atoms with Gasteiger partial charge < -0.3 is 25.8 Å². The number of para-hydroxylation sites is 1. The van der Waals surface area contributed by atoms with Crippen LogP contribution in [0.4, 0.5) is 11.8 Å². The number of nitrogens with zero attached hydrogens (tertiary/aromatic N) is 3. The van der Waals surface area contributed by atoms with Crippen molar-refractivity contribution >= 4 is 23.5 Å². The van der Waals surface area contributed by atoms with Crippen molar-refractivity contribution in [3.63, 3.8) is 0 Å². The maximum atomic E-state index is 13.2. The molecule has 2 aliphatic heterocycles. The topological polar surface area (TPSA) is 109 Å². The number of nitrogens with two attached hydrogens (primary N) is 2. The highest BCUT2D eigenvalue weighted by molar-refractivity contribution is 7.99. The molecule has 1 saturated carbocycles. The van der Waals surface area contributed by atoms with Gasteiger partial charge in [0.05, 0.1) is 4.90 Å². The van der Waals surface area contributed by atoms with Crippen molar-refractivity contribution in [2.24, 2.45) is 24.1 Å². The summed E-state index contributed by atoms with van der Waals surface area (Å²) in [6.07, 6.45) is 4.45. The Labute approximate surface area is 185 Å². The smallest absolute Gasteiger partial charge is 0.270 e. The van der Waals surface area contributed by atoms with Crippen LogP contribution in [0.1, 0.15) is 32.6 Å². The lowest BCUT2D eigenvalue weighted by Crippen LogP contribution is -2.49. The minimum atomic E-state index is -0.157. The third-order valence-corrected chi connectivity index (χ3v) is 8.41. The van der Waals surface area contributed by atoms with Crippen molar-refractivity contribution in [1.29, 1.82) is 0 Å². The zero-order chi connectivity index (χ0) is 21.8. The molecule has 2 aromatic rings. The molecular formula is C22H29N5O3S. The average molecular weight is 444 g/mol. The van der Waals surface area contributed by atoms with Gasteiger partial charge in [-0.1, -0.05) is 24.8 Å². The Hall–Kier alpha value is -2.39. The summed E-state index contributed by atoms with van der Waals surface area (Å²) in [6, 6.07) is 5.86. The summed E-state index contributed by atoms with van der Waals surface area (Å²) in [5, 5.41) is 0. The van der Waals surface area contributed by atoms with Gasteiger partial charge in [-0.25, -0.2) is 0 Å². The highest BCUT2D eigenvalue weighted by Crippen LogP contribution is 2.48. The van der Waals surface area contributed by atoms with E-state index >= 15 is 0 Å². The van der Waals surface area contributed by atoms with Crippen LogP contribution in [0.3, 0.4) is 0 Å². The number of anilines is 2. The maximum Gasteiger partial charge on any atom is 0.270 e. The number of ether oxygens (including phenoxy) is 2. The Kier molecular flexibility index (Phi) is 5.05. The van der Waals surface area contributed by atoms with Crippen molar-refractivity contribution in [2.45, 2.75) is 48.4 Å². The quantitative estimate of drug-likeness (QED) is 0.745. The number of hydrogen-bond donors (Lipinski definition) is 2. The van der Waals surface area contributed by atoms with Gasteiger partial charge in [0.2, 0.25) is 12.7 Å². The van der Waals surface area contributed by atoms with Gasteiger partial charge in [-0.3, -0.25) is 9.36 Å². The Bertz CT molecular complexity index is 1060. The van der Waals surface area contributed by atoms with E-state index in [1.54, 1.807) is 11.6 Å². The van der Waals surface area contributed by atoms with Crippen LogP contribution in [0.2, 0.25) is 0 Å². The molecule has 166 valence electrons. The first-order chi connectivity index (χ1) is 14.9. The van der Waals surface area contributed by atoms with E-state index in [0.717, 1.165) is 30.8 Å². The molecule has 31 heavy (non-hydrogen) atoms. The molecule has 1 aliphatic carbocycles. The molecular weight excluding hydrogens is 414 g/mol. The third-order valence-electron chi connectivity index (χ3n) is 7.28. The molecule has 3 aliphatic rings. The van der Waals surface area contributed by atoms with Crippen molar-refractivity contribution in [3.05, 3.63) is 28.6 Å². The first-order valence-electron chi connectivity index (χ1n) is 10.8. The number of aromatic nitrogens is 2. The summed E-state index contributed by atoms with van der Waals surface area (Å²) in [5.74, 6) is 2.76. The summed E-state index contributed by atoms with van der Waals surface area (Å²) in [7, 11) is 1.76. The Morgan fingerprint density at radius 2 is 2.00 bits per heavy atom. The number of benzene rings is 1. The van der Waals surface area contributed by atoms with Gasteiger partial charge in [-0.05, 0) is 49.1 Å². The molecule has 2 atom stereocenters. The molecule has 1 aromatic carbocycles. The minimum absolute atomic E-state index is 0.157. The normalized spacial score (nSPS) is 24.2. The number of hydrogen-bond acceptors (Lipinski definition) is 8. The van der Waals surface area contributed by atoms with E-state index in [-0.39, 0.29) is 29.6 Å². The van der Waals surface area contributed by atoms with Gasteiger partial charge in [0.1, 0.15) is 10.7 Å². The van der Waals surface area contributed by atoms with Crippen LogP contribution >= 0.6 is 11.8 Å². The Morgan fingerprint density at radius 3 is 2.71 bits per heavy atom. The molecule has 3 heterocycles. The minimum Gasteiger partial charge on any atom is -0.454 e. The molecule has 0 amide bonds. The van der Waals surface area contributed by atoms with Crippen molar-refractivity contribution < 1.29 is 9.47 Å². The fourth-order valence-corrected chi connectivity index (χ4v) is 6.25. The number of rotatable bonds is 3. The summed E-state index contributed by atoms with van der Waals surface area (Å²) in [5.41, 5.74) is 12.9. The molecule has 1 saturated heterocycles. The first-order valence-corrected chi connectivity index (χ1v) is 11.6. The van der Waals surface area contributed by atoms with Gasteiger partial charge >= 0.3 is 0 Å². The van der Waals surface area contributed by atoms with E-state index in [1.165, 1.54) is 24.6 Å². The summed E-state index contributed by atoms with van der Waals surface area (Å²) in [4.78, 5) is 21.2. The molecule has 8 nitrogen and oxygen atoms in total. The SMILES string of the molecule is C[C@@H]1CCC2(CCN(c3nc(N)c(Sc4cccc5c4OCO5)c(=O)n3C)CC2)[C@@H]1N. The standard InChI is InChI=1S/C22H29N5O3S/c1-13-6-7-22(18(13)23)8-10-27(11-9-22)21-25-19(24)17(20(28)26(21)2)31-15-5-3-4-14-16(15)30-12-29-14/h3-5,13,18H,6-12,23-24H2,1-2H3/t13-,18-/m1/s1. The molecule has 0 unspecified atom stereocenters. The second-order valence-electron chi connectivity index (χ2n) is 8.97. The average Bonchev–Trinajstić information content (AvgIpc) is 3.36. The van der Waals surface area contributed by atoms with E-state index in [2.05, 4.69) is 16.8 Å². The van der Waals surface area contributed by atoms with Crippen LogP contribution in [-0.4, -0.2) is 35.5 Å². The summed E-state index contributed by atoms with van der Waals surface area (Å²) < 4.78 is 12.6. The molecule has 2 fully saturated rings. The van der Waals surface area contributed by atoms with Crippen LogP contribution in [-0.2, 0) is 7.05 Å². The van der Waals surface area contributed by atoms with Crippen molar-refractivity contribution in [3.8, 4) is 11.5 Å². The van der Waals surface area contributed by atoms with E-state index in [4.69, 9.17) is 20.9 Å². The fourth-order valence-electron chi connectivity index (χ4n) is 5.26. The Morgan fingerprint density at radius 1 is 1.23 bits per heavy atom. The highest BCUT2D eigenvalue weighted by Gasteiger charge is 2.46. The lowest BCUT2D eigenvalue weighted by molar-refractivity contribution is 0.172. The van der Waals surface area contributed by atoms with Crippen LogP contribution < -0.4 is 31.4 Å². The van der Waals surface area contributed by atoms with E-state index in [9.17, 15) is 4.79 Å². The first kappa shape index (κ1) is 20.5. The predicted octanol–water partition coefficient (Wildman–Crippen LogP) is 2.59. The molecule has 0 bridgehead atoms. The Balaban J connectivity index is 1.39. The van der Waals surface area contributed by atoms with E-state index in [1.807, 2.05) is 18.2 Å². The zero-order valence-corrected chi connectivity index (χ0v) is 18.8. The third kappa shape index (κ3) is 3.34. The number of nitrogen functional groups attached to an aromatic ring is 1.